The van der Waals surface area contributed by atoms with E-state index in [9.17, 15) is 21.6 Å². The molecule has 1 heterocycles. The third-order valence-corrected chi connectivity index (χ3v) is 5.20. The molecule has 2 aromatic carbocycles. The molecule has 25 heavy (non-hydrogen) atoms. The molecule has 6 nitrogen and oxygen atoms in total. The molecule has 2 aromatic rings. The van der Waals surface area contributed by atoms with Gasteiger partial charge in [0.05, 0.1) is 28.5 Å². The molecule has 3 rings (SSSR count). The Balaban J connectivity index is 1.98. The van der Waals surface area contributed by atoms with Crippen LogP contribution in [-0.4, -0.2) is 15.1 Å². The minimum absolute atomic E-state index is 0.122. The molecular formula is C14H13F3N4O2S2. The zero-order valence-corrected chi connectivity index (χ0v) is 14.1. The number of primary sulfonamides is 1. The number of fused-ring (bicyclic) bond motifs is 1. The van der Waals surface area contributed by atoms with Gasteiger partial charge in [0.1, 0.15) is 0 Å². The minimum atomic E-state index is -4.55. The van der Waals surface area contributed by atoms with Crippen molar-refractivity contribution in [2.24, 2.45) is 5.14 Å². The van der Waals surface area contributed by atoms with Crippen molar-refractivity contribution in [2.75, 3.05) is 17.3 Å². The second kappa shape index (κ2) is 6.41. The predicted octanol–water partition coefficient (Wildman–Crippen LogP) is 3.08. The van der Waals surface area contributed by atoms with Crippen LogP contribution in [0.5, 0.6) is 0 Å². The van der Waals surface area contributed by atoms with E-state index in [4.69, 9.17) is 5.14 Å². The fourth-order valence-electron chi connectivity index (χ4n) is 2.27. The van der Waals surface area contributed by atoms with Crippen molar-refractivity contribution >= 4 is 39.0 Å². The maximum Gasteiger partial charge on any atom is 0.418 e. The SMILES string of the molecule is NS(=O)(=O)c1ccc(Nc2cc3c(cc2C(F)(F)F)NCNS3)cc1. The number of hydrogen-bond donors (Lipinski definition) is 4. The Morgan fingerprint density at radius 3 is 2.44 bits per heavy atom. The summed E-state index contributed by atoms with van der Waals surface area (Å²) >= 11 is 1.22. The molecule has 1 aliphatic rings. The fourth-order valence-corrected chi connectivity index (χ4v) is 3.50. The summed E-state index contributed by atoms with van der Waals surface area (Å²) in [5.74, 6) is 0. The van der Waals surface area contributed by atoms with Crippen LogP contribution in [0.1, 0.15) is 5.56 Å². The standard InChI is InChI=1S/C14H13F3N4O2S2/c15-14(16,17)10-5-12-13(24-20-7-19-12)6-11(10)21-8-1-3-9(4-2-8)25(18,22)23/h1-6,19-21H,7H2,(H2,18,22,23). The molecule has 0 radical (unpaired) electrons. The number of nitrogens with two attached hydrogens (primary N) is 1. The van der Waals surface area contributed by atoms with Gasteiger partial charge >= 0.3 is 6.18 Å². The third-order valence-electron chi connectivity index (χ3n) is 3.42. The second-order valence-electron chi connectivity index (χ2n) is 5.19. The summed E-state index contributed by atoms with van der Waals surface area (Å²) in [5.41, 5.74) is -0.254. The normalized spacial score (nSPS) is 14.6. The van der Waals surface area contributed by atoms with Crippen molar-refractivity contribution in [3.05, 3.63) is 42.0 Å². The van der Waals surface area contributed by atoms with Gasteiger partial charge in [0.2, 0.25) is 10.0 Å². The van der Waals surface area contributed by atoms with Gasteiger partial charge in [0.15, 0.2) is 0 Å². The number of hydrogen-bond acceptors (Lipinski definition) is 6. The zero-order valence-electron chi connectivity index (χ0n) is 12.5. The average molecular weight is 390 g/mol. The van der Waals surface area contributed by atoms with Crippen LogP contribution in [0.4, 0.5) is 30.2 Å². The van der Waals surface area contributed by atoms with Crippen molar-refractivity contribution in [3.8, 4) is 0 Å². The highest BCUT2D eigenvalue weighted by Gasteiger charge is 2.35. The average Bonchev–Trinajstić information content (AvgIpc) is 2.53. The molecule has 0 aliphatic carbocycles. The first-order valence-electron chi connectivity index (χ1n) is 6.93. The van der Waals surface area contributed by atoms with E-state index in [2.05, 4.69) is 15.4 Å². The smallest absolute Gasteiger partial charge is 0.371 e. The molecule has 0 saturated heterocycles. The summed E-state index contributed by atoms with van der Waals surface area (Å²) in [7, 11) is -3.86. The summed E-state index contributed by atoms with van der Waals surface area (Å²) in [6.07, 6.45) is -4.55. The van der Waals surface area contributed by atoms with Crippen molar-refractivity contribution in [2.45, 2.75) is 16.0 Å². The van der Waals surface area contributed by atoms with Crippen LogP contribution in [0.3, 0.4) is 0 Å². The summed E-state index contributed by atoms with van der Waals surface area (Å²) in [4.78, 5) is 0.492. The maximum atomic E-state index is 13.4. The summed E-state index contributed by atoms with van der Waals surface area (Å²) in [6, 6.07) is 7.58. The lowest BCUT2D eigenvalue weighted by atomic mass is 10.1. The lowest BCUT2D eigenvalue weighted by Crippen LogP contribution is -2.21. The number of anilines is 3. The van der Waals surface area contributed by atoms with Crippen LogP contribution in [0.15, 0.2) is 46.2 Å². The lowest BCUT2D eigenvalue weighted by molar-refractivity contribution is -0.136. The summed E-state index contributed by atoms with van der Waals surface area (Å²) < 4.78 is 65.5. The fraction of sp³-hybridized carbons (Fsp3) is 0.143. The van der Waals surface area contributed by atoms with E-state index in [1.165, 1.54) is 42.3 Å². The van der Waals surface area contributed by atoms with Gasteiger partial charge in [0, 0.05) is 10.6 Å². The van der Waals surface area contributed by atoms with Gasteiger partial charge < -0.3 is 10.6 Å². The Morgan fingerprint density at radius 2 is 1.84 bits per heavy atom. The number of nitrogens with one attached hydrogen (secondary N) is 3. The quantitative estimate of drug-likeness (QED) is 0.602. The molecule has 1 aliphatic heterocycles. The van der Waals surface area contributed by atoms with Crippen LogP contribution < -0.4 is 20.5 Å². The molecular weight excluding hydrogens is 377 g/mol. The van der Waals surface area contributed by atoms with Crippen molar-refractivity contribution in [1.82, 2.24) is 4.72 Å². The van der Waals surface area contributed by atoms with Gasteiger partial charge in [-0.25, -0.2) is 18.3 Å². The number of benzene rings is 2. The van der Waals surface area contributed by atoms with Crippen molar-refractivity contribution in [1.29, 1.82) is 0 Å². The van der Waals surface area contributed by atoms with Crippen LogP contribution in [0, 0.1) is 0 Å². The minimum Gasteiger partial charge on any atom is -0.371 e. The Kier molecular flexibility index (Phi) is 4.58. The van der Waals surface area contributed by atoms with E-state index in [0.717, 1.165) is 6.07 Å². The van der Waals surface area contributed by atoms with E-state index in [0.29, 0.717) is 22.9 Å². The molecule has 0 atom stereocenters. The van der Waals surface area contributed by atoms with E-state index in [1.54, 1.807) is 0 Å². The van der Waals surface area contributed by atoms with Gasteiger partial charge in [-0.1, -0.05) is 0 Å². The number of rotatable bonds is 3. The molecule has 134 valence electrons. The molecule has 5 N–H and O–H groups in total. The first-order valence-corrected chi connectivity index (χ1v) is 9.29. The first kappa shape index (κ1) is 17.9. The lowest BCUT2D eigenvalue weighted by Gasteiger charge is -2.23. The number of halogens is 3. The van der Waals surface area contributed by atoms with E-state index in [1.807, 2.05) is 0 Å². The maximum absolute atomic E-state index is 13.4. The van der Waals surface area contributed by atoms with Gasteiger partial charge in [-0.15, -0.1) is 0 Å². The van der Waals surface area contributed by atoms with Gasteiger partial charge in [-0.2, -0.15) is 13.2 Å². The van der Waals surface area contributed by atoms with Crippen LogP contribution in [-0.2, 0) is 16.2 Å². The predicted molar refractivity (Wildman–Crippen MR) is 90.0 cm³/mol. The molecule has 11 heteroatoms. The molecule has 0 saturated carbocycles. The Morgan fingerprint density at radius 1 is 1.16 bits per heavy atom. The first-order chi connectivity index (χ1) is 11.6. The van der Waals surface area contributed by atoms with Crippen molar-refractivity contribution in [3.63, 3.8) is 0 Å². The van der Waals surface area contributed by atoms with Gasteiger partial charge in [-0.05, 0) is 48.3 Å². The Hall–Kier alpha value is -1.95. The highest BCUT2D eigenvalue weighted by atomic mass is 32.2. The summed E-state index contributed by atoms with van der Waals surface area (Å²) in [6.45, 7) is 0.358. The highest BCUT2D eigenvalue weighted by molar-refractivity contribution is 7.97. The van der Waals surface area contributed by atoms with E-state index < -0.39 is 21.8 Å². The Labute approximate surface area is 146 Å². The third kappa shape index (κ3) is 4.00. The molecule has 0 spiro atoms. The molecule has 0 bridgehead atoms. The van der Waals surface area contributed by atoms with Crippen LogP contribution in [0.2, 0.25) is 0 Å². The molecule has 0 fully saturated rings. The number of alkyl halides is 3. The summed E-state index contributed by atoms with van der Waals surface area (Å²) in [5, 5.41) is 10.5. The van der Waals surface area contributed by atoms with Gasteiger partial charge in [0.25, 0.3) is 0 Å². The topological polar surface area (TPSA) is 96.2 Å². The van der Waals surface area contributed by atoms with Crippen molar-refractivity contribution < 1.29 is 21.6 Å². The monoisotopic (exact) mass is 390 g/mol. The van der Waals surface area contributed by atoms with E-state index >= 15 is 0 Å². The van der Waals surface area contributed by atoms with Crippen LogP contribution >= 0.6 is 11.9 Å². The zero-order chi connectivity index (χ0) is 18.2. The number of sulfonamides is 1. The largest absolute Gasteiger partial charge is 0.418 e. The second-order valence-corrected chi connectivity index (χ2v) is 7.68. The highest BCUT2D eigenvalue weighted by Crippen LogP contribution is 2.42. The van der Waals surface area contributed by atoms with Crippen LogP contribution in [0.25, 0.3) is 0 Å². The van der Waals surface area contributed by atoms with Gasteiger partial charge in [-0.3, -0.25) is 0 Å². The molecule has 0 unspecified atom stereocenters. The molecule has 0 amide bonds. The van der Waals surface area contributed by atoms with E-state index in [-0.39, 0.29) is 10.6 Å². The molecule has 0 aromatic heterocycles. The Bertz CT molecular complexity index is 900.